The van der Waals surface area contributed by atoms with Crippen LogP contribution in [0.4, 0.5) is 0 Å². The monoisotopic (exact) mass is 1490 g/mol. The number of esters is 5. The van der Waals surface area contributed by atoms with Gasteiger partial charge in [-0.3, -0.25) is 43.2 Å². The Balaban J connectivity index is -0.000000176. The van der Waals surface area contributed by atoms with Gasteiger partial charge in [-0.05, 0) is 139 Å². The number of hydrogen-bond acceptors (Lipinski definition) is 16. The first-order valence-corrected chi connectivity index (χ1v) is 39.0. The molecule has 6 N–H and O–H groups in total. The number of carbonyl (C=O) groups excluding carboxylic acids is 7. The van der Waals surface area contributed by atoms with Crippen LogP contribution in [-0.2, 0) is 66.8 Å². The number of nitrogens with two attached hydrogens (primary N) is 2. The Hall–Kier alpha value is -4.45. The van der Waals surface area contributed by atoms with Crippen LogP contribution in [0.1, 0.15) is 372 Å². The molecule has 18 heteroatoms. The van der Waals surface area contributed by atoms with Gasteiger partial charge in [0.25, 0.3) is 0 Å². The minimum Gasteiger partial charge on any atom is -0.481 e. The molecule has 0 spiro atoms. The van der Waals surface area contributed by atoms with Crippen LogP contribution in [0.3, 0.4) is 0 Å². The fraction of sp³-hybridized carbons (Fsp3) is 0.895. The van der Waals surface area contributed by atoms with Crippen LogP contribution in [0.25, 0.3) is 0 Å². The van der Waals surface area contributed by atoms with Gasteiger partial charge in [0.05, 0.1) is 62.6 Å². The van der Waals surface area contributed by atoms with Crippen molar-refractivity contribution in [2.75, 3.05) is 33.0 Å². The van der Waals surface area contributed by atoms with Gasteiger partial charge in [0, 0.05) is 25.7 Å². The number of hydrogen-bond donors (Lipinski definition) is 4. The molecule has 0 fully saturated rings. The first kappa shape index (κ1) is 115. The standard InChI is InChI=1S/C16H29NO5.C16H28O5.C14H28O2.C12H25NO2.C11H22O2.2C8H18.CH4/c1-11(10-12(18)6-7-13(17)14(19)20)15(21)22-9-5-8-16(2,3)4;1-11(14(18)19)9-13(17)10-12(2)15(20)21-8-6-7-16(3,4)5;1-11(14(5,6)7)12(15)16-10-8-9-13(2,3)4;1-9(2)10(13)11(14)15-8-6-7-12(3,4)5;1-9(2)10(12)13-8-6-7-11(3,4)5;1-7(2)6-8(3,4)5;1-5-6-7-8(2,3)4;/h11,13H,5-10,17H2,1-4H3,(H,19,20);11-12H,6-10H2,1-5H3,(H,18,19);11H,8-10H2,1-7H3;9-10H,6-8,13H2,1-5H3;9H,6-8H2,1-5H3;7H,6H2,1-5H3;5-7H2,1-4H3;1H4. The maximum absolute atomic E-state index is 11.8. The highest BCUT2D eigenvalue weighted by atomic mass is 16.5. The van der Waals surface area contributed by atoms with Crippen molar-refractivity contribution in [1.29, 1.82) is 0 Å². The van der Waals surface area contributed by atoms with Crippen molar-refractivity contribution in [2.45, 2.75) is 384 Å². The summed E-state index contributed by atoms with van der Waals surface area (Å²) in [4.78, 5) is 102. The summed E-state index contributed by atoms with van der Waals surface area (Å²) in [7, 11) is 0. The van der Waals surface area contributed by atoms with Gasteiger partial charge in [0.2, 0.25) is 0 Å². The number of unbranched alkanes of at least 4 members (excludes halogenated alkanes) is 1. The molecule has 0 rings (SSSR count). The Morgan fingerprint density at radius 3 is 0.865 bits per heavy atom. The second kappa shape index (κ2) is 58.6. The quantitative estimate of drug-likeness (QED) is 0.0260. The average Bonchev–Trinajstić information content (AvgIpc) is 0.887. The van der Waals surface area contributed by atoms with Crippen molar-refractivity contribution < 1.29 is 77.0 Å². The van der Waals surface area contributed by atoms with Crippen molar-refractivity contribution in [3.63, 3.8) is 0 Å². The second-order valence-corrected chi connectivity index (χ2v) is 39.2. The fourth-order valence-corrected chi connectivity index (χ4v) is 9.01. The zero-order valence-electron chi connectivity index (χ0n) is 73.4. The first-order chi connectivity index (χ1) is 46.1. The predicted molar refractivity (Wildman–Crippen MR) is 433 cm³/mol. The van der Waals surface area contributed by atoms with E-state index >= 15 is 0 Å². The van der Waals surface area contributed by atoms with Crippen LogP contribution in [0, 0.1) is 84.7 Å². The lowest BCUT2D eigenvalue weighted by Crippen LogP contribution is -2.37. The molecule has 0 bridgehead atoms. The highest BCUT2D eigenvalue weighted by molar-refractivity contribution is 5.87. The normalized spacial score (nSPS) is 13.6. The summed E-state index contributed by atoms with van der Waals surface area (Å²) in [6, 6.07) is -1.52. The van der Waals surface area contributed by atoms with Gasteiger partial charge < -0.3 is 45.4 Å². The minimum absolute atomic E-state index is 0. The van der Waals surface area contributed by atoms with Gasteiger partial charge in [-0.25, -0.2) is 0 Å². The molecular formula is C86H172N2O16. The Bertz CT molecular complexity index is 2270. The Labute approximate surface area is 640 Å². The van der Waals surface area contributed by atoms with Crippen molar-refractivity contribution in [3.8, 4) is 0 Å². The van der Waals surface area contributed by atoms with Crippen LogP contribution in [0.15, 0.2) is 0 Å². The largest absolute Gasteiger partial charge is 0.481 e. The van der Waals surface area contributed by atoms with E-state index in [-0.39, 0.29) is 115 Å². The Kier molecular flexibility index (Phi) is 65.0. The maximum atomic E-state index is 11.8. The summed E-state index contributed by atoms with van der Waals surface area (Å²) < 4.78 is 25.7. The maximum Gasteiger partial charge on any atom is 0.323 e. The van der Waals surface area contributed by atoms with E-state index in [1.165, 1.54) is 32.6 Å². The molecule has 0 aliphatic carbocycles. The predicted octanol–water partition coefficient (Wildman–Crippen LogP) is 21.5. The molecular weight excluding hydrogens is 1320 g/mol. The summed E-state index contributed by atoms with van der Waals surface area (Å²) in [6.07, 6.45) is 15.2. The van der Waals surface area contributed by atoms with Gasteiger partial charge in [0.15, 0.2) is 0 Å². The van der Waals surface area contributed by atoms with E-state index < -0.39 is 41.8 Å². The zero-order valence-corrected chi connectivity index (χ0v) is 73.4. The number of carboxylic acid groups (broad SMARTS) is 2. The van der Waals surface area contributed by atoms with E-state index in [9.17, 15) is 43.2 Å². The second-order valence-electron chi connectivity index (χ2n) is 39.2. The van der Waals surface area contributed by atoms with E-state index in [0.29, 0.717) is 60.1 Å². The number of Topliss-reactive ketones (excluding diaryl/α,β-unsaturated/α-hetero) is 2. The molecule has 6 unspecified atom stereocenters. The number of carbonyl (C=O) groups is 9. The van der Waals surface area contributed by atoms with Gasteiger partial charge in [-0.1, -0.05) is 263 Å². The summed E-state index contributed by atoms with van der Waals surface area (Å²) in [5.74, 6) is -4.53. The van der Waals surface area contributed by atoms with Crippen molar-refractivity contribution in [2.24, 2.45) is 96.2 Å². The van der Waals surface area contributed by atoms with Crippen LogP contribution in [0.2, 0.25) is 0 Å². The lowest BCUT2D eigenvalue weighted by atomic mass is 9.82. The first-order valence-electron chi connectivity index (χ1n) is 39.0. The lowest BCUT2D eigenvalue weighted by Gasteiger charge is -2.25. The average molecular weight is 1490 g/mol. The molecule has 622 valence electrons. The van der Waals surface area contributed by atoms with Crippen LogP contribution in [-0.4, -0.2) is 109 Å². The molecule has 0 saturated heterocycles. The third-order valence-corrected chi connectivity index (χ3v) is 15.9. The molecule has 0 heterocycles. The number of carboxylic acids is 2. The van der Waals surface area contributed by atoms with Gasteiger partial charge in [-0.2, -0.15) is 0 Å². The third kappa shape index (κ3) is 89.9. The number of aliphatic carboxylic acids is 2. The third-order valence-electron chi connectivity index (χ3n) is 15.9. The molecule has 0 aromatic carbocycles. The van der Waals surface area contributed by atoms with Crippen molar-refractivity contribution in [1.82, 2.24) is 0 Å². The number of ether oxygens (including phenoxy) is 5. The van der Waals surface area contributed by atoms with E-state index in [2.05, 4.69) is 187 Å². The van der Waals surface area contributed by atoms with Crippen LogP contribution in [0.5, 0.6) is 0 Å². The molecule has 0 saturated carbocycles. The zero-order chi connectivity index (χ0) is 82.9. The minimum atomic E-state index is -1.13. The fourth-order valence-electron chi connectivity index (χ4n) is 9.01. The molecule has 0 aromatic heterocycles. The summed E-state index contributed by atoms with van der Waals surface area (Å²) in [5.41, 5.74) is 13.4. The number of ketones is 2. The summed E-state index contributed by atoms with van der Waals surface area (Å²) in [6.45, 7) is 75.7. The van der Waals surface area contributed by atoms with Crippen LogP contribution < -0.4 is 11.5 Å². The molecule has 0 aliphatic heterocycles. The Morgan fingerprint density at radius 2 is 0.635 bits per heavy atom. The summed E-state index contributed by atoms with van der Waals surface area (Å²) >= 11 is 0. The van der Waals surface area contributed by atoms with Gasteiger partial charge in [-0.15, -0.1) is 0 Å². The molecule has 0 aromatic rings. The summed E-state index contributed by atoms with van der Waals surface area (Å²) in [5, 5.41) is 17.4. The molecule has 0 aliphatic rings. The highest BCUT2D eigenvalue weighted by Crippen LogP contribution is 2.29. The number of rotatable bonds is 35. The highest BCUT2D eigenvalue weighted by Gasteiger charge is 2.29. The van der Waals surface area contributed by atoms with E-state index in [1.54, 1.807) is 13.8 Å². The van der Waals surface area contributed by atoms with Gasteiger partial charge in [0.1, 0.15) is 23.7 Å². The van der Waals surface area contributed by atoms with Crippen molar-refractivity contribution >= 4 is 53.4 Å². The molecule has 104 heavy (non-hydrogen) atoms. The van der Waals surface area contributed by atoms with Gasteiger partial charge >= 0.3 is 41.8 Å². The lowest BCUT2D eigenvalue weighted by molar-refractivity contribution is -0.152. The molecule has 18 nitrogen and oxygen atoms in total. The molecule has 0 radical (unpaired) electrons. The SMILES string of the molecule is C.CC(C(=O)OCCCC(C)(C)C)C(C)(C)C.CC(C)C(=O)OCCCC(C)(C)C.CC(C)C(N)C(=O)OCCCC(C)(C)C.CC(C)CC(C)(C)C.CC(CC(=O)CC(C)C(=O)OCCCC(C)(C)C)C(=O)O.CC(CC(=O)CCC(N)C(=O)O)C(=O)OCCCC(C)(C)C.CCCCC(C)(C)C. The van der Waals surface area contributed by atoms with E-state index in [1.807, 2.05) is 34.6 Å². The smallest absolute Gasteiger partial charge is 0.323 e. The molecule has 0 amide bonds. The van der Waals surface area contributed by atoms with Crippen LogP contribution >= 0.6 is 0 Å². The Morgan fingerprint density at radius 1 is 0.356 bits per heavy atom. The van der Waals surface area contributed by atoms with E-state index in [4.69, 9.17) is 45.4 Å². The van der Waals surface area contributed by atoms with Crippen molar-refractivity contribution in [3.05, 3.63) is 0 Å². The topological polar surface area (TPSA) is 292 Å². The molecule has 6 atom stereocenters. The van der Waals surface area contributed by atoms with E-state index in [0.717, 1.165) is 70.1 Å².